The Bertz CT molecular complexity index is 858. The third kappa shape index (κ3) is 2.32. The molecule has 1 atom stereocenters. The quantitative estimate of drug-likeness (QED) is 0.875. The van der Waals surface area contributed by atoms with Crippen LogP contribution in [0.4, 0.5) is 4.39 Å². The van der Waals surface area contributed by atoms with Crippen molar-refractivity contribution in [3.63, 3.8) is 0 Å². The van der Waals surface area contributed by atoms with Crippen LogP contribution in [0.3, 0.4) is 0 Å². The molecule has 0 fully saturated rings. The normalized spacial score (nSPS) is 21.2. The molecule has 0 saturated carbocycles. The van der Waals surface area contributed by atoms with E-state index < -0.39 is 11.3 Å². The van der Waals surface area contributed by atoms with Gasteiger partial charge in [-0.3, -0.25) is 0 Å². The summed E-state index contributed by atoms with van der Waals surface area (Å²) in [4.78, 5) is 12.7. The van der Waals surface area contributed by atoms with E-state index >= 15 is 0 Å². The smallest absolute Gasteiger partial charge is 0.345 e. The van der Waals surface area contributed by atoms with Gasteiger partial charge in [-0.1, -0.05) is 6.07 Å². The number of thiophene rings is 1. The molecular weight excluding hydrogens is 279 g/mol. The first kappa shape index (κ1) is 12.9. The lowest BCUT2D eigenvalue weighted by atomic mass is 10.1. The van der Waals surface area contributed by atoms with Crippen molar-refractivity contribution in [2.45, 2.75) is 12.6 Å². The average molecular weight is 290 g/mol. The zero-order chi connectivity index (χ0) is 14.3. The van der Waals surface area contributed by atoms with E-state index in [1.165, 1.54) is 30.4 Å². The molecule has 20 heavy (non-hydrogen) atoms. The molecule has 0 amide bonds. The number of alkyl halides is 1. The van der Waals surface area contributed by atoms with Crippen LogP contribution >= 0.6 is 11.3 Å². The predicted molar refractivity (Wildman–Crippen MR) is 76.7 cm³/mol. The second kappa shape index (κ2) is 4.45. The largest absolute Gasteiger partial charge is 0.508 e. The number of aliphatic hydroxyl groups is 1. The summed E-state index contributed by atoms with van der Waals surface area (Å²) in [5, 5.41) is 11.9. The number of hydrogen-bond donors (Lipinski definition) is 1. The highest BCUT2D eigenvalue weighted by Crippen LogP contribution is 2.21. The van der Waals surface area contributed by atoms with Crippen LogP contribution in [-0.2, 0) is 0 Å². The zero-order valence-electron chi connectivity index (χ0n) is 10.6. The lowest BCUT2D eigenvalue weighted by Gasteiger charge is -2.08. The highest BCUT2D eigenvalue weighted by atomic mass is 32.1. The fourth-order valence-electron chi connectivity index (χ4n) is 2.14. The van der Waals surface area contributed by atoms with Crippen molar-refractivity contribution >= 4 is 23.5 Å². The summed E-state index contributed by atoms with van der Waals surface area (Å²) < 4.78 is 19.4. The van der Waals surface area contributed by atoms with Crippen LogP contribution in [-0.4, -0.2) is 10.8 Å². The van der Waals surface area contributed by atoms with E-state index in [2.05, 4.69) is 0 Å². The van der Waals surface area contributed by atoms with Crippen molar-refractivity contribution in [1.82, 2.24) is 0 Å². The Morgan fingerprint density at radius 2 is 2.20 bits per heavy atom. The minimum atomic E-state index is -1.81. The lowest BCUT2D eigenvalue weighted by molar-refractivity contribution is 0.334. The Labute approximate surface area is 117 Å². The third-order valence-electron chi connectivity index (χ3n) is 2.94. The second-order valence-electron chi connectivity index (χ2n) is 4.75. The third-order valence-corrected chi connectivity index (χ3v) is 3.84. The van der Waals surface area contributed by atoms with E-state index in [1.807, 2.05) is 11.4 Å². The van der Waals surface area contributed by atoms with Gasteiger partial charge in [-0.05, 0) is 36.6 Å². The molecule has 3 nitrogen and oxygen atoms in total. The summed E-state index contributed by atoms with van der Waals surface area (Å²) in [6.45, 7) is 1.32. The van der Waals surface area contributed by atoms with Crippen molar-refractivity contribution in [3.05, 3.63) is 56.5 Å². The number of halogens is 1. The average Bonchev–Trinajstić information content (AvgIpc) is 2.81. The van der Waals surface area contributed by atoms with Gasteiger partial charge in [0.2, 0.25) is 0 Å². The first-order valence-corrected chi connectivity index (χ1v) is 6.86. The number of rotatable bonds is 1. The Morgan fingerprint density at radius 3 is 2.90 bits per heavy atom. The minimum Gasteiger partial charge on any atom is -0.508 e. The van der Waals surface area contributed by atoms with Gasteiger partial charge in [-0.25, -0.2) is 9.18 Å². The molecule has 1 N–H and O–H groups in total. The Hall–Kier alpha value is -2.14. The van der Waals surface area contributed by atoms with Crippen molar-refractivity contribution in [3.8, 4) is 10.4 Å². The maximum Gasteiger partial charge on any atom is 0.345 e. The van der Waals surface area contributed by atoms with Crippen LogP contribution in [0.5, 0.6) is 0 Å². The standard InChI is InChI=1S/C15H11FO3S/c1-15(16)7-9-5-11(13-3-2-4-20-13)14(18)19-12(9)6-10(17)8-15/h2-8,17H,1H3. The fourth-order valence-corrected chi connectivity index (χ4v) is 2.87. The van der Waals surface area contributed by atoms with E-state index in [-0.39, 0.29) is 11.2 Å². The monoisotopic (exact) mass is 290 g/mol. The lowest BCUT2D eigenvalue weighted by Crippen LogP contribution is -2.31. The SMILES string of the molecule is CC1(F)C=C(O)C=c2oc(=O)c(-c3cccs3)cc2=C1. The maximum absolute atomic E-state index is 14.2. The van der Waals surface area contributed by atoms with E-state index in [4.69, 9.17) is 4.42 Å². The molecule has 0 aromatic carbocycles. The first-order chi connectivity index (χ1) is 9.44. The highest BCUT2D eigenvalue weighted by molar-refractivity contribution is 7.13. The molecule has 5 heteroatoms. The van der Waals surface area contributed by atoms with Gasteiger partial charge in [0.05, 0.1) is 5.56 Å². The van der Waals surface area contributed by atoms with Crippen molar-refractivity contribution in [2.24, 2.45) is 0 Å². The second-order valence-corrected chi connectivity index (χ2v) is 5.70. The molecule has 0 radical (unpaired) electrons. The summed E-state index contributed by atoms with van der Waals surface area (Å²) in [6, 6.07) is 5.22. The summed E-state index contributed by atoms with van der Waals surface area (Å²) >= 11 is 1.41. The Balaban J connectivity index is 2.35. The van der Waals surface area contributed by atoms with E-state index in [0.717, 1.165) is 11.0 Å². The topological polar surface area (TPSA) is 50.4 Å². The van der Waals surface area contributed by atoms with Crippen LogP contribution < -0.4 is 16.3 Å². The molecule has 0 spiro atoms. The van der Waals surface area contributed by atoms with Gasteiger partial charge in [-0.15, -0.1) is 11.3 Å². The summed E-state index contributed by atoms with van der Waals surface area (Å²) in [7, 11) is 0. The molecule has 1 unspecified atom stereocenters. The minimum absolute atomic E-state index is 0.158. The fraction of sp³-hybridized carbons (Fsp3) is 0.133. The van der Waals surface area contributed by atoms with Crippen LogP contribution in [0.15, 0.2) is 44.6 Å². The molecule has 2 heterocycles. The van der Waals surface area contributed by atoms with Crippen LogP contribution in [0.2, 0.25) is 0 Å². The van der Waals surface area contributed by atoms with Gasteiger partial charge in [0, 0.05) is 16.2 Å². The van der Waals surface area contributed by atoms with Gasteiger partial charge in [0.15, 0.2) is 0 Å². The molecule has 3 rings (SSSR count). The van der Waals surface area contributed by atoms with Crippen molar-refractivity contribution in [2.75, 3.05) is 0 Å². The number of fused-ring (bicyclic) bond motifs is 1. The molecule has 102 valence electrons. The summed E-state index contributed by atoms with van der Waals surface area (Å²) in [5.74, 6) is -0.267. The van der Waals surface area contributed by atoms with Crippen molar-refractivity contribution < 1.29 is 13.9 Å². The first-order valence-electron chi connectivity index (χ1n) is 5.98. The maximum atomic E-state index is 14.2. The number of aliphatic hydroxyl groups excluding tert-OH is 1. The molecule has 1 aliphatic rings. The molecule has 2 aromatic heterocycles. The summed E-state index contributed by atoms with van der Waals surface area (Å²) in [5.41, 5.74) is -1.77. The summed E-state index contributed by atoms with van der Waals surface area (Å²) in [6.07, 6.45) is 3.64. The van der Waals surface area contributed by atoms with Gasteiger partial charge < -0.3 is 9.52 Å². The molecule has 2 aromatic rings. The molecule has 0 aliphatic heterocycles. The van der Waals surface area contributed by atoms with Crippen LogP contribution in [0.1, 0.15) is 6.92 Å². The molecule has 0 bridgehead atoms. The number of allylic oxidation sites excluding steroid dienone is 2. The van der Waals surface area contributed by atoms with Crippen LogP contribution in [0.25, 0.3) is 22.6 Å². The van der Waals surface area contributed by atoms with Gasteiger partial charge >= 0.3 is 5.63 Å². The number of hydrogen-bond acceptors (Lipinski definition) is 4. The highest BCUT2D eigenvalue weighted by Gasteiger charge is 2.20. The van der Waals surface area contributed by atoms with E-state index in [1.54, 1.807) is 12.1 Å². The van der Waals surface area contributed by atoms with Gasteiger partial charge in [-0.2, -0.15) is 0 Å². The van der Waals surface area contributed by atoms with E-state index in [0.29, 0.717) is 10.8 Å². The van der Waals surface area contributed by atoms with Crippen molar-refractivity contribution in [1.29, 1.82) is 0 Å². The molecular formula is C15H11FO3S. The molecule has 1 aliphatic carbocycles. The predicted octanol–water partition coefficient (Wildman–Crippen LogP) is 2.11. The Kier molecular flexibility index (Phi) is 2.87. The zero-order valence-corrected chi connectivity index (χ0v) is 11.4. The Morgan fingerprint density at radius 1 is 1.40 bits per heavy atom. The van der Waals surface area contributed by atoms with Crippen LogP contribution in [0, 0.1) is 0 Å². The molecule has 0 saturated heterocycles. The van der Waals surface area contributed by atoms with E-state index in [9.17, 15) is 14.3 Å². The van der Waals surface area contributed by atoms with Gasteiger partial charge in [0.1, 0.15) is 16.8 Å². The van der Waals surface area contributed by atoms with Gasteiger partial charge in [0.25, 0.3) is 0 Å².